The van der Waals surface area contributed by atoms with Crippen LogP contribution >= 0.6 is 11.6 Å². The van der Waals surface area contributed by atoms with Crippen LogP contribution in [0.25, 0.3) is 0 Å². The summed E-state index contributed by atoms with van der Waals surface area (Å²) in [6.45, 7) is 3.52. The number of benzene rings is 2. The Morgan fingerprint density at radius 3 is 2.39 bits per heavy atom. The highest BCUT2D eigenvalue weighted by Gasteiger charge is 2.14. The van der Waals surface area contributed by atoms with Crippen molar-refractivity contribution in [2.45, 2.75) is 18.2 Å². The van der Waals surface area contributed by atoms with Gasteiger partial charge in [-0.25, -0.2) is 8.42 Å². The number of amides is 1. The highest BCUT2D eigenvalue weighted by molar-refractivity contribution is 7.92. The van der Waals surface area contributed by atoms with Crippen molar-refractivity contribution in [1.29, 1.82) is 0 Å². The van der Waals surface area contributed by atoms with Crippen molar-refractivity contribution >= 4 is 33.2 Å². The SMILES string of the molecule is CCOCCCNC(=O)COc1ccc(S(=O)(=O)Nc2ccc(Cl)cc2)cc1. The average Bonchev–Trinajstić information content (AvgIpc) is 2.68. The predicted octanol–water partition coefficient (Wildman–Crippen LogP) is 3.06. The van der Waals surface area contributed by atoms with Crippen LogP contribution in [0.2, 0.25) is 5.02 Å². The molecule has 7 nitrogen and oxygen atoms in total. The Morgan fingerprint density at radius 1 is 1.07 bits per heavy atom. The van der Waals surface area contributed by atoms with Gasteiger partial charge < -0.3 is 14.8 Å². The van der Waals surface area contributed by atoms with Crippen LogP contribution < -0.4 is 14.8 Å². The van der Waals surface area contributed by atoms with Crippen molar-refractivity contribution in [2.24, 2.45) is 0 Å². The van der Waals surface area contributed by atoms with Gasteiger partial charge in [-0.15, -0.1) is 0 Å². The van der Waals surface area contributed by atoms with Gasteiger partial charge in [0, 0.05) is 30.5 Å². The fraction of sp³-hybridized carbons (Fsp3) is 0.316. The normalized spacial score (nSPS) is 11.1. The molecular formula is C19H23ClN2O5S. The maximum atomic E-state index is 12.4. The van der Waals surface area contributed by atoms with Crippen LogP contribution in [0.3, 0.4) is 0 Å². The quantitative estimate of drug-likeness (QED) is 0.538. The van der Waals surface area contributed by atoms with E-state index >= 15 is 0 Å². The zero-order chi connectivity index (χ0) is 20.4. The average molecular weight is 427 g/mol. The monoisotopic (exact) mass is 426 g/mol. The van der Waals surface area contributed by atoms with E-state index in [1.807, 2.05) is 6.92 Å². The molecule has 0 unspecified atom stereocenters. The summed E-state index contributed by atoms with van der Waals surface area (Å²) in [5, 5.41) is 3.24. The van der Waals surface area contributed by atoms with Crippen molar-refractivity contribution in [3.63, 3.8) is 0 Å². The summed E-state index contributed by atoms with van der Waals surface area (Å²) in [5.41, 5.74) is 0.408. The molecule has 0 aliphatic carbocycles. The van der Waals surface area contributed by atoms with Gasteiger partial charge in [-0.3, -0.25) is 9.52 Å². The third-order valence-corrected chi connectivity index (χ3v) is 5.24. The number of nitrogens with one attached hydrogen (secondary N) is 2. The molecule has 0 radical (unpaired) electrons. The molecule has 2 N–H and O–H groups in total. The fourth-order valence-electron chi connectivity index (χ4n) is 2.19. The summed E-state index contributed by atoms with van der Waals surface area (Å²) in [6.07, 6.45) is 0.729. The molecule has 0 spiro atoms. The summed E-state index contributed by atoms with van der Waals surface area (Å²) in [4.78, 5) is 11.8. The van der Waals surface area contributed by atoms with Crippen molar-refractivity contribution in [2.75, 3.05) is 31.1 Å². The molecule has 9 heteroatoms. The summed E-state index contributed by atoms with van der Waals surface area (Å²) in [5.74, 6) is 0.146. The highest BCUT2D eigenvalue weighted by Crippen LogP contribution is 2.20. The van der Waals surface area contributed by atoms with Gasteiger partial charge in [0.05, 0.1) is 4.90 Å². The minimum absolute atomic E-state index is 0.0789. The first kappa shape index (κ1) is 22.0. The lowest BCUT2D eigenvalue weighted by Gasteiger charge is -2.10. The maximum absolute atomic E-state index is 12.4. The second-order valence-electron chi connectivity index (χ2n) is 5.77. The molecule has 28 heavy (non-hydrogen) atoms. The van der Waals surface area contributed by atoms with Crippen molar-refractivity contribution in [1.82, 2.24) is 5.32 Å². The lowest BCUT2D eigenvalue weighted by molar-refractivity contribution is -0.123. The Hall–Kier alpha value is -2.29. The molecule has 1 amide bonds. The smallest absolute Gasteiger partial charge is 0.261 e. The minimum Gasteiger partial charge on any atom is -0.484 e. The molecule has 2 aromatic rings. The molecule has 0 aliphatic rings. The second-order valence-corrected chi connectivity index (χ2v) is 7.89. The molecular weight excluding hydrogens is 404 g/mol. The van der Waals surface area contributed by atoms with E-state index in [0.717, 1.165) is 6.42 Å². The Labute approximate surface area is 170 Å². The van der Waals surface area contributed by atoms with Crippen LogP contribution in [0.5, 0.6) is 5.75 Å². The van der Waals surface area contributed by atoms with E-state index in [-0.39, 0.29) is 17.4 Å². The number of hydrogen-bond acceptors (Lipinski definition) is 5. The molecule has 2 rings (SSSR count). The predicted molar refractivity (Wildman–Crippen MR) is 108 cm³/mol. The first-order valence-corrected chi connectivity index (χ1v) is 10.6. The molecule has 0 bridgehead atoms. The lowest BCUT2D eigenvalue weighted by atomic mass is 10.3. The first-order valence-electron chi connectivity index (χ1n) is 8.76. The molecule has 0 aromatic heterocycles. The van der Waals surface area contributed by atoms with Gasteiger partial charge >= 0.3 is 0 Å². The third-order valence-electron chi connectivity index (χ3n) is 3.59. The Morgan fingerprint density at radius 2 is 1.75 bits per heavy atom. The Kier molecular flexibility index (Phi) is 8.56. The number of halogens is 1. The zero-order valence-electron chi connectivity index (χ0n) is 15.5. The second kappa shape index (κ2) is 10.9. The van der Waals surface area contributed by atoms with E-state index in [1.54, 1.807) is 24.3 Å². The van der Waals surface area contributed by atoms with E-state index in [1.165, 1.54) is 24.3 Å². The first-order chi connectivity index (χ1) is 13.4. The highest BCUT2D eigenvalue weighted by atomic mass is 35.5. The minimum atomic E-state index is -3.73. The lowest BCUT2D eigenvalue weighted by Crippen LogP contribution is -2.30. The van der Waals surface area contributed by atoms with Gasteiger partial charge in [0.2, 0.25) is 0 Å². The summed E-state index contributed by atoms with van der Waals surface area (Å²) in [6, 6.07) is 12.2. The summed E-state index contributed by atoms with van der Waals surface area (Å²) in [7, 11) is -3.73. The number of carbonyl (C=O) groups excluding carboxylic acids is 1. The van der Waals surface area contributed by atoms with Crippen LogP contribution in [-0.2, 0) is 19.6 Å². The number of anilines is 1. The van der Waals surface area contributed by atoms with Gasteiger partial charge in [0.15, 0.2) is 6.61 Å². The zero-order valence-corrected chi connectivity index (χ0v) is 17.1. The Balaban J connectivity index is 1.83. The molecule has 0 saturated carbocycles. The number of ether oxygens (including phenoxy) is 2. The molecule has 0 aliphatic heterocycles. The van der Waals surface area contributed by atoms with Gasteiger partial charge in [-0.05, 0) is 61.9 Å². The van der Waals surface area contributed by atoms with Gasteiger partial charge in [0.1, 0.15) is 5.75 Å². The number of sulfonamides is 1. The van der Waals surface area contributed by atoms with Crippen LogP contribution in [-0.4, -0.2) is 40.7 Å². The topological polar surface area (TPSA) is 93.7 Å². The number of rotatable bonds is 11. The van der Waals surface area contributed by atoms with Gasteiger partial charge in [-0.2, -0.15) is 0 Å². The van der Waals surface area contributed by atoms with E-state index in [9.17, 15) is 13.2 Å². The molecule has 0 saturated heterocycles. The van der Waals surface area contributed by atoms with Crippen molar-refractivity contribution in [3.05, 3.63) is 53.6 Å². The van der Waals surface area contributed by atoms with Crippen LogP contribution in [0.4, 0.5) is 5.69 Å². The van der Waals surface area contributed by atoms with E-state index in [0.29, 0.717) is 36.2 Å². The van der Waals surface area contributed by atoms with Crippen molar-refractivity contribution in [3.8, 4) is 5.75 Å². The number of carbonyl (C=O) groups is 1. The molecule has 152 valence electrons. The van der Waals surface area contributed by atoms with Crippen LogP contribution in [0, 0.1) is 0 Å². The molecule has 0 heterocycles. The summed E-state index contributed by atoms with van der Waals surface area (Å²) >= 11 is 5.79. The maximum Gasteiger partial charge on any atom is 0.261 e. The fourth-order valence-corrected chi connectivity index (χ4v) is 3.38. The van der Waals surface area contributed by atoms with Crippen LogP contribution in [0.15, 0.2) is 53.4 Å². The van der Waals surface area contributed by atoms with E-state index < -0.39 is 10.0 Å². The molecule has 0 fully saturated rings. The Bertz CT molecular complexity index is 855. The largest absolute Gasteiger partial charge is 0.484 e. The van der Waals surface area contributed by atoms with Crippen molar-refractivity contribution < 1.29 is 22.7 Å². The molecule has 0 atom stereocenters. The van der Waals surface area contributed by atoms with E-state index in [2.05, 4.69) is 10.0 Å². The van der Waals surface area contributed by atoms with Gasteiger partial charge in [0.25, 0.3) is 15.9 Å². The third kappa shape index (κ3) is 7.38. The number of hydrogen-bond donors (Lipinski definition) is 2. The van der Waals surface area contributed by atoms with Crippen LogP contribution in [0.1, 0.15) is 13.3 Å². The van der Waals surface area contributed by atoms with E-state index in [4.69, 9.17) is 21.1 Å². The standard InChI is InChI=1S/C19H23ClN2O5S/c1-2-26-13-3-12-21-19(23)14-27-17-8-10-18(11-9-17)28(24,25)22-16-6-4-15(20)5-7-16/h4-11,22H,2-3,12-14H2,1H3,(H,21,23). The molecule has 2 aromatic carbocycles. The summed E-state index contributed by atoms with van der Waals surface area (Å²) < 4.78 is 37.8. The van der Waals surface area contributed by atoms with Gasteiger partial charge in [-0.1, -0.05) is 11.6 Å².